The van der Waals surface area contributed by atoms with Crippen LogP contribution in [0.5, 0.6) is 0 Å². The van der Waals surface area contributed by atoms with E-state index in [0.29, 0.717) is 23.4 Å². The molecular formula is C12H11N5O2. The monoisotopic (exact) mass is 257 g/mol. The molecule has 0 aromatic carbocycles. The smallest absolute Gasteiger partial charge is 0.327 e. The molecule has 7 heteroatoms. The van der Waals surface area contributed by atoms with Crippen molar-refractivity contribution in [3.63, 3.8) is 0 Å². The van der Waals surface area contributed by atoms with Crippen LogP contribution in [-0.4, -0.2) is 24.9 Å². The van der Waals surface area contributed by atoms with Gasteiger partial charge in [0.05, 0.1) is 0 Å². The van der Waals surface area contributed by atoms with Crippen molar-refractivity contribution in [3.05, 3.63) is 56.8 Å². The molecule has 0 spiro atoms. The first-order chi connectivity index (χ1) is 9.22. The highest BCUT2D eigenvalue weighted by atomic mass is 16.2. The van der Waals surface area contributed by atoms with Crippen molar-refractivity contribution in [2.75, 3.05) is 0 Å². The van der Waals surface area contributed by atoms with Gasteiger partial charge in [0.15, 0.2) is 5.65 Å². The average Bonchev–Trinajstić information content (AvgIpc) is 2.81. The number of fused-ring (bicyclic) bond motifs is 1. The highest BCUT2D eigenvalue weighted by Crippen LogP contribution is 2.06. The first-order valence-corrected chi connectivity index (χ1v) is 5.82. The fraction of sp³-hybridized carbons (Fsp3) is 0.167. The number of imidazole rings is 1. The van der Waals surface area contributed by atoms with Crippen molar-refractivity contribution in [1.82, 2.24) is 24.9 Å². The van der Waals surface area contributed by atoms with Gasteiger partial charge in [0, 0.05) is 18.8 Å². The molecule has 3 rings (SSSR count). The molecule has 19 heavy (non-hydrogen) atoms. The summed E-state index contributed by atoms with van der Waals surface area (Å²) >= 11 is 0. The van der Waals surface area contributed by atoms with Crippen LogP contribution < -0.4 is 11.2 Å². The zero-order valence-electron chi connectivity index (χ0n) is 9.93. The van der Waals surface area contributed by atoms with Gasteiger partial charge in [-0.2, -0.15) is 0 Å². The van der Waals surface area contributed by atoms with Gasteiger partial charge in [0.2, 0.25) is 0 Å². The summed E-state index contributed by atoms with van der Waals surface area (Å²) in [7, 11) is 0. The highest BCUT2D eigenvalue weighted by molar-refractivity contribution is 5.68. The fourth-order valence-electron chi connectivity index (χ4n) is 1.91. The van der Waals surface area contributed by atoms with Gasteiger partial charge < -0.3 is 4.98 Å². The number of hydrogen-bond acceptors (Lipinski definition) is 4. The van der Waals surface area contributed by atoms with Gasteiger partial charge in [-0.3, -0.25) is 19.7 Å². The fourth-order valence-corrected chi connectivity index (χ4v) is 1.91. The lowest BCUT2D eigenvalue weighted by Gasteiger charge is -1.97. The average molecular weight is 257 g/mol. The SMILES string of the molecule is O=c1[nH]c(=O)c2[nH]c(CCc3ccncc3)nc2[nH]1. The number of nitrogens with zero attached hydrogens (tertiary/aromatic N) is 2. The lowest BCUT2D eigenvalue weighted by molar-refractivity contribution is 0.886. The summed E-state index contributed by atoms with van der Waals surface area (Å²) in [5, 5.41) is 0. The largest absolute Gasteiger partial charge is 0.336 e. The Morgan fingerprint density at radius 1 is 1.00 bits per heavy atom. The number of aryl methyl sites for hydroxylation is 2. The topological polar surface area (TPSA) is 107 Å². The summed E-state index contributed by atoms with van der Waals surface area (Å²) in [5.74, 6) is 0.666. The maximum Gasteiger partial charge on any atom is 0.327 e. The Labute approximate surface area is 106 Å². The van der Waals surface area contributed by atoms with Crippen molar-refractivity contribution in [2.45, 2.75) is 12.8 Å². The number of hydrogen-bond donors (Lipinski definition) is 3. The van der Waals surface area contributed by atoms with E-state index in [4.69, 9.17) is 0 Å². The van der Waals surface area contributed by atoms with Crippen molar-refractivity contribution >= 4 is 11.2 Å². The summed E-state index contributed by atoms with van der Waals surface area (Å²) in [6.07, 6.45) is 4.90. The third-order valence-corrected chi connectivity index (χ3v) is 2.84. The first-order valence-electron chi connectivity index (χ1n) is 5.82. The van der Waals surface area contributed by atoms with Crippen LogP contribution in [0.2, 0.25) is 0 Å². The van der Waals surface area contributed by atoms with Gasteiger partial charge in [-0.05, 0) is 24.1 Å². The third kappa shape index (κ3) is 2.30. The van der Waals surface area contributed by atoms with Crippen LogP contribution in [0.4, 0.5) is 0 Å². The van der Waals surface area contributed by atoms with Crippen LogP contribution in [-0.2, 0) is 12.8 Å². The van der Waals surface area contributed by atoms with Gasteiger partial charge in [0.1, 0.15) is 11.3 Å². The van der Waals surface area contributed by atoms with Gasteiger partial charge in [-0.1, -0.05) is 0 Å². The summed E-state index contributed by atoms with van der Waals surface area (Å²) in [5.41, 5.74) is 0.715. The molecule has 3 aromatic rings. The van der Waals surface area contributed by atoms with Crippen molar-refractivity contribution in [2.24, 2.45) is 0 Å². The van der Waals surface area contributed by atoms with E-state index < -0.39 is 11.2 Å². The molecular weight excluding hydrogens is 246 g/mol. The Balaban J connectivity index is 1.88. The number of aromatic amines is 3. The van der Waals surface area contributed by atoms with E-state index in [2.05, 4.69) is 24.9 Å². The van der Waals surface area contributed by atoms with E-state index >= 15 is 0 Å². The lowest BCUT2D eigenvalue weighted by atomic mass is 10.1. The van der Waals surface area contributed by atoms with E-state index in [1.165, 1.54) is 0 Å². The molecule has 0 atom stereocenters. The molecule has 0 saturated carbocycles. The summed E-state index contributed by atoms with van der Waals surface area (Å²) in [4.78, 5) is 38.4. The molecule has 0 amide bonds. The van der Waals surface area contributed by atoms with Gasteiger partial charge >= 0.3 is 5.69 Å². The Hall–Kier alpha value is -2.70. The number of rotatable bonds is 3. The van der Waals surface area contributed by atoms with Crippen molar-refractivity contribution in [3.8, 4) is 0 Å². The predicted octanol–water partition coefficient (Wildman–Crippen LogP) is 0.120. The Kier molecular flexibility index (Phi) is 2.71. The van der Waals surface area contributed by atoms with E-state index in [1.807, 2.05) is 12.1 Å². The lowest BCUT2D eigenvalue weighted by Crippen LogP contribution is -2.21. The molecule has 0 aliphatic rings. The normalized spacial score (nSPS) is 10.9. The molecule has 96 valence electrons. The predicted molar refractivity (Wildman–Crippen MR) is 69.0 cm³/mol. The standard InChI is InChI=1S/C12H11N5O2/c18-11-9-10(16-12(19)17-11)15-8(14-9)2-1-7-3-5-13-6-4-7/h3-6H,1-2H2,(H3,14,15,16,17,18,19). The molecule has 3 N–H and O–H groups in total. The third-order valence-electron chi connectivity index (χ3n) is 2.84. The first kappa shape index (κ1) is 11.4. The molecule has 0 aliphatic carbocycles. The quantitative estimate of drug-likeness (QED) is 0.619. The minimum absolute atomic E-state index is 0.290. The van der Waals surface area contributed by atoms with Crippen LogP contribution in [0.15, 0.2) is 34.1 Å². The maximum absolute atomic E-state index is 11.5. The molecule has 3 heterocycles. The Morgan fingerprint density at radius 2 is 1.79 bits per heavy atom. The van der Waals surface area contributed by atoms with Gasteiger partial charge in [-0.25, -0.2) is 9.78 Å². The molecule has 3 aromatic heterocycles. The van der Waals surface area contributed by atoms with E-state index in [0.717, 1.165) is 12.0 Å². The van der Waals surface area contributed by atoms with E-state index in [-0.39, 0.29) is 0 Å². The number of aromatic nitrogens is 5. The van der Waals surface area contributed by atoms with Crippen LogP contribution in [0.25, 0.3) is 11.2 Å². The zero-order valence-corrected chi connectivity index (χ0v) is 9.93. The molecule has 0 bridgehead atoms. The van der Waals surface area contributed by atoms with E-state index in [9.17, 15) is 9.59 Å². The zero-order chi connectivity index (χ0) is 13.2. The molecule has 0 fully saturated rings. The highest BCUT2D eigenvalue weighted by Gasteiger charge is 2.07. The summed E-state index contributed by atoms with van der Waals surface area (Å²) < 4.78 is 0. The van der Waals surface area contributed by atoms with Crippen LogP contribution >= 0.6 is 0 Å². The molecule has 0 radical (unpaired) electrons. The maximum atomic E-state index is 11.5. The molecule has 0 aliphatic heterocycles. The second-order valence-electron chi connectivity index (χ2n) is 4.17. The van der Waals surface area contributed by atoms with Gasteiger partial charge in [0.25, 0.3) is 5.56 Å². The molecule has 0 saturated heterocycles. The Bertz CT molecular complexity index is 815. The molecule has 0 unspecified atom stereocenters. The second-order valence-corrected chi connectivity index (χ2v) is 4.17. The van der Waals surface area contributed by atoms with Crippen molar-refractivity contribution in [1.29, 1.82) is 0 Å². The Morgan fingerprint density at radius 3 is 2.58 bits per heavy atom. The van der Waals surface area contributed by atoms with Gasteiger partial charge in [-0.15, -0.1) is 0 Å². The van der Waals surface area contributed by atoms with Crippen LogP contribution in [0.3, 0.4) is 0 Å². The number of nitrogens with one attached hydrogen (secondary N) is 3. The number of pyridine rings is 1. The van der Waals surface area contributed by atoms with Crippen LogP contribution in [0.1, 0.15) is 11.4 Å². The minimum atomic E-state index is -0.551. The second kappa shape index (κ2) is 4.52. The minimum Gasteiger partial charge on any atom is -0.336 e. The van der Waals surface area contributed by atoms with Crippen molar-refractivity contribution < 1.29 is 0 Å². The molecule has 7 nitrogen and oxygen atoms in total. The van der Waals surface area contributed by atoms with Crippen LogP contribution in [0, 0.1) is 0 Å². The summed E-state index contributed by atoms with van der Waals surface area (Å²) in [6, 6.07) is 3.86. The number of H-pyrrole nitrogens is 3. The summed E-state index contributed by atoms with van der Waals surface area (Å²) in [6.45, 7) is 0. The van der Waals surface area contributed by atoms with E-state index in [1.54, 1.807) is 12.4 Å².